The van der Waals surface area contributed by atoms with E-state index in [0.717, 1.165) is 0 Å². The summed E-state index contributed by atoms with van der Waals surface area (Å²) in [6.07, 6.45) is 1.71. The second kappa shape index (κ2) is 4.57. The van der Waals surface area contributed by atoms with Crippen molar-refractivity contribution >= 4 is 27.5 Å². The number of hydrogen-bond donors (Lipinski definition) is 1. The van der Waals surface area contributed by atoms with Crippen molar-refractivity contribution in [2.45, 2.75) is 13.3 Å². The predicted molar refractivity (Wildman–Crippen MR) is 69.7 cm³/mol. The topological polar surface area (TPSA) is 63.6 Å². The van der Waals surface area contributed by atoms with Gasteiger partial charge in [-0.2, -0.15) is 0 Å². The van der Waals surface area contributed by atoms with Crippen molar-refractivity contribution in [2.24, 2.45) is 0 Å². The van der Waals surface area contributed by atoms with Crippen molar-refractivity contribution in [1.29, 1.82) is 0 Å². The van der Waals surface area contributed by atoms with Gasteiger partial charge in [0, 0.05) is 17.2 Å². The molecule has 0 saturated heterocycles. The van der Waals surface area contributed by atoms with Crippen LogP contribution in [0.4, 0.5) is 0 Å². The second-order valence-corrected chi connectivity index (χ2v) is 4.72. The number of phenolic OH excluding ortho intramolecular Hbond substituents is 1. The Morgan fingerprint density at radius 3 is 2.61 bits per heavy atom. The molecule has 4 nitrogen and oxygen atoms in total. The maximum atomic E-state index is 12.0. The third kappa shape index (κ3) is 1.75. The van der Waals surface area contributed by atoms with Crippen molar-refractivity contribution in [3.8, 4) is 11.5 Å². The monoisotopic (exact) mass is 310 g/mol. The number of hydrogen-bond acceptors (Lipinski definition) is 4. The minimum atomic E-state index is -0.389. The van der Waals surface area contributed by atoms with E-state index in [1.54, 1.807) is 0 Å². The van der Waals surface area contributed by atoms with Gasteiger partial charge in [-0.05, 0) is 28.4 Å². The SMILES string of the molecule is CCc1c(OC)cc2c(c1O)C(=O)C(Br)=CC2=O. The molecule has 0 fully saturated rings. The number of allylic oxidation sites excluding steroid dienone is 2. The Morgan fingerprint density at radius 1 is 1.39 bits per heavy atom. The molecule has 1 aromatic carbocycles. The number of Topliss-reactive ketones (excluding diaryl/α,β-unsaturated/α-hetero) is 1. The van der Waals surface area contributed by atoms with Gasteiger partial charge in [0.1, 0.15) is 11.5 Å². The molecule has 0 spiro atoms. The summed E-state index contributed by atoms with van der Waals surface area (Å²) < 4.78 is 5.29. The van der Waals surface area contributed by atoms with Crippen LogP contribution in [0.3, 0.4) is 0 Å². The van der Waals surface area contributed by atoms with E-state index in [4.69, 9.17) is 4.74 Å². The van der Waals surface area contributed by atoms with Crippen LogP contribution in [0.15, 0.2) is 16.6 Å². The first-order valence-electron chi connectivity index (χ1n) is 5.40. The van der Waals surface area contributed by atoms with Crippen LogP contribution in [-0.4, -0.2) is 23.8 Å². The first kappa shape index (κ1) is 12.8. The van der Waals surface area contributed by atoms with Crippen molar-refractivity contribution in [1.82, 2.24) is 0 Å². The first-order chi connectivity index (χ1) is 8.51. The number of rotatable bonds is 2. The number of carbonyl (C=O) groups is 2. The number of phenols is 1. The van der Waals surface area contributed by atoms with E-state index < -0.39 is 0 Å². The van der Waals surface area contributed by atoms with Crippen LogP contribution in [0, 0.1) is 0 Å². The van der Waals surface area contributed by atoms with Crippen LogP contribution in [-0.2, 0) is 6.42 Å². The first-order valence-corrected chi connectivity index (χ1v) is 6.19. The maximum absolute atomic E-state index is 12.0. The smallest absolute Gasteiger partial charge is 0.204 e. The van der Waals surface area contributed by atoms with Gasteiger partial charge in [0.2, 0.25) is 5.78 Å². The molecule has 0 heterocycles. The van der Waals surface area contributed by atoms with E-state index in [1.165, 1.54) is 19.3 Å². The maximum Gasteiger partial charge on any atom is 0.204 e. The number of benzene rings is 1. The highest BCUT2D eigenvalue weighted by molar-refractivity contribution is 9.12. The third-order valence-corrected chi connectivity index (χ3v) is 3.49. The lowest BCUT2D eigenvalue weighted by Crippen LogP contribution is -2.16. The standard InChI is InChI=1S/C13H11BrO4/c1-3-6-10(18-2)4-7-9(15)5-8(14)13(17)11(7)12(6)16/h4-5,16H,3H2,1-2H3. The highest BCUT2D eigenvalue weighted by Crippen LogP contribution is 2.39. The fourth-order valence-electron chi connectivity index (χ4n) is 2.01. The highest BCUT2D eigenvalue weighted by atomic mass is 79.9. The molecule has 0 bridgehead atoms. The molecule has 2 rings (SSSR count). The Bertz CT molecular complexity index is 587. The second-order valence-electron chi connectivity index (χ2n) is 3.87. The van der Waals surface area contributed by atoms with Gasteiger partial charge in [-0.1, -0.05) is 6.92 Å². The lowest BCUT2D eigenvalue weighted by molar-refractivity contribution is 0.0989. The van der Waals surface area contributed by atoms with Gasteiger partial charge in [-0.25, -0.2) is 0 Å². The predicted octanol–water partition coefficient (Wildman–Crippen LogP) is 2.62. The molecule has 1 aliphatic carbocycles. The number of carbonyl (C=O) groups excluding carboxylic acids is 2. The summed E-state index contributed by atoms with van der Waals surface area (Å²) in [6.45, 7) is 1.84. The molecule has 1 aromatic rings. The summed E-state index contributed by atoms with van der Waals surface area (Å²) in [5.41, 5.74) is 0.751. The van der Waals surface area contributed by atoms with Gasteiger partial charge < -0.3 is 9.84 Å². The van der Waals surface area contributed by atoms with Crippen molar-refractivity contribution in [3.05, 3.63) is 33.3 Å². The van der Waals surface area contributed by atoms with Crippen LogP contribution in [0.5, 0.6) is 11.5 Å². The number of aromatic hydroxyl groups is 1. The quantitative estimate of drug-likeness (QED) is 0.912. The average molecular weight is 311 g/mol. The highest BCUT2D eigenvalue weighted by Gasteiger charge is 2.30. The van der Waals surface area contributed by atoms with Gasteiger partial charge in [-0.15, -0.1) is 0 Å². The molecule has 94 valence electrons. The molecule has 0 atom stereocenters. The molecule has 0 saturated carbocycles. The van der Waals surface area contributed by atoms with Crippen LogP contribution in [0.2, 0.25) is 0 Å². The lowest BCUT2D eigenvalue weighted by Gasteiger charge is -2.18. The number of ketones is 2. The molecule has 0 unspecified atom stereocenters. The van der Waals surface area contributed by atoms with E-state index in [-0.39, 0.29) is 32.9 Å². The molecule has 1 N–H and O–H groups in total. The third-order valence-electron chi connectivity index (χ3n) is 2.91. The van der Waals surface area contributed by atoms with E-state index in [1.807, 2.05) is 6.92 Å². The van der Waals surface area contributed by atoms with Crippen LogP contribution < -0.4 is 4.74 Å². The normalized spacial score (nSPS) is 14.3. The van der Waals surface area contributed by atoms with Gasteiger partial charge in [-0.3, -0.25) is 9.59 Å². The summed E-state index contributed by atoms with van der Waals surface area (Å²) in [5.74, 6) is -0.469. The molecule has 18 heavy (non-hydrogen) atoms. The fourth-order valence-corrected chi connectivity index (χ4v) is 2.42. The molecule has 0 amide bonds. The Balaban J connectivity index is 2.80. The fraction of sp³-hybridized carbons (Fsp3) is 0.231. The molecular formula is C13H11BrO4. The molecule has 0 aromatic heterocycles. The van der Waals surface area contributed by atoms with Crippen molar-refractivity contribution < 1.29 is 19.4 Å². The van der Waals surface area contributed by atoms with E-state index >= 15 is 0 Å². The Morgan fingerprint density at radius 2 is 2.06 bits per heavy atom. The number of ether oxygens (including phenoxy) is 1. The molecular weight excluding hydrogens is 300 g/mol. The zero-order chi connectivity index (χ0) is 13.4. The number of fused-ring (bicyclic) bond motifs is 1. The summed E-state index contributed by atoms with van der Waals surface area (Å²) in [5, 5.41) is 10.2. The van der Waals surface area contributed by atoms with E-state index in [9.17, 15) is 14.7 Å². The van der Waals surface area contributed by atoms with Gasteiger partial charge >= 0.3 is 0 Å². The van der Waals surface area contributed by atoms with E-state index in [0.29, 0.717) is 17.7 Å². The summed E-state index contributed by atoms with van der Waals surface area (Å²) in [4.78, 5) is 23.8. The Hall–Kier alpha value is -1.62. The number of halogens is 1. The van der Waals surface area contributed by atoms with Gasteiger partial charge in [0.05, 0.1) is 17.2 Å². The zero-order valence-electron chi connectivity index (χ0n) is 9.91. The van der Waals surface area contributed by atoms with E-state index in [2.05, 4.69) is 15.9 Å². The molecule has 0 aliphatic heterocycles. The molecule has 1 aliphatic rings. The van der Waals surface area contributed by atoms with Crippen LogP contribution >= 0.6 is 15.9 Å². The van der Waals surface area contributed by atoms with Gasteiger partial charge in [0.25, 0.3) is 0 Å². The van der Waals surface area contributed by atoms with Crippen molar-refractivity contribution in [2.75, 3.05) is 7.11 Å². The summed E-state index contributed by atoms with van der Waals surface area (Å²) in [6, 6.07) is 1.50. The van der Waals surface area contributed by atoms with Crippen LogP contribution in [0.25, 0.3) is 0 Å². The average Bonchev–Trinajstić information content (AvgIpc) is 2.35. The Kier molecular flexibility index (Phi) is 3.26. The molecule has 0 radical (unpaired) electrons. The minimum Gasteiger partial charge on any atom is -0.507 e. The van der Waals surface area contributed by atoms with Crippen LogP contribution in [0.1, 0.15) is 33.2 Å². The van der Waals surface area contributed by atoms with Gasteiger partial charge in [0.15, 0.2) is 5.78 Å². The summed E-state index contributed by atoms with van der Waals surface area (Å²) >= 11 is 3.03. The largest absolute Gasteiger partial charge is 0.507 e. The Labute approximate surface area is 112 Å². The van der Waals surface area contributed by atoms with Crippen molar-refractivity contribution in [3.63, 3.8) is 0 Å². The molecule has 5 heteroatoms. The summed E-state index contributed by atoms with van der Waals surface area (Å²) in [7, 11) is 1.46. The zero-order valence-corrected chi connectivity index (χ0v) is 11.5. The number of methoxy groups -OCH3 is 1. The minimum absolute atomic E-state index is 0.0482. The lowest BCUT2D eigenvalue weighted by atomic mass is 9.90.